The molecule has 0 unspecified atom stereocenters. The molecule has 4 heteroatoms. The summed E-state index contributed by atoms with van der Waals surface area (Å²) in [5.41, 5.74) is 0. The van der Waals surface area contributed by atoms with Crippen LogP contribution >= 0.6 is 0 Å². The molecule has 2 radical (unpaired) electrons. The van der Waals surface area contributed by atoms with E-state index in [1.807, 2.05) is 0 Å². The molecule has 0 saturated heterocycles. The zero-order chi connectivity index (χ0) is 0. The predicted octanol–water partition coefficient (Wildman–Crippen LogP) is -8.99. The van der Waals surface area contributed by atoms with Crippen LogP contribution in [-0.4, -0.2) is 0 Å². The zero-order valence-corrected chi connectivity index (χ0v) is 4.89. The minimum atomic E-state index is 0. The van der Waals surface area contributed by atoms with E-state index in [9.17, 15) is 0 Å². The molecule has 0 spiro atoms. The van der Waals surface area contributed by atoms with Crippen molar-refractivity contribution in [1.82, 2.24) is 0 Å². The summed E-state index contributed by atoms with van der Waals surface area (Å²) in [5.74, 6) is 0. The largest absolute Gasteiger partial charge is 1.00 e. The number of hydrogen-bond acceptors (Lipinski definition) is 0. The van der Waals surface area contributed by atoms with Gasteiger partial charge in [0.15, 0.2) is 0 Å². The molecule has 0 atom stereocenters. The molecule has 0 N–H and O–H groups in total. The fourth-order valence-corrected chi connectivity index (χ4v) is 0. The number of halogens is 3. The van der Waals surface area contributed by atoms with Crippen molar-refractivity contribution in [2.75, 3.05) is 0 Å². The Kier molecular flexibility index (Phi) is 522. The quantitative estimate of drug-likeness (QED) is 0.263. The van der Waals surface area contributed by atoms with Gasteiger partial charge in [-0.05, 0) is 0 Å². The average Bonchev–Trinajstić information content (AvgIpc) is 0. The van der Waals surface area contributed by atoms with E-state index in [4.69, 9.17) is 0 Å². The molecular weight excluding hydrogens is 96.4 g/mol. The second-order valence-electron chi connectivity index (χ2n) is 0. The molecule has 0 aromatic rings. The van der Waals surface area contributed by atoms with Crippen molar-refractivity contribution in [3.8, 4) is 0 Å². The summed E-state index contributed by atoms with van der Waals surface area (Å²) in [6, 6.07) is 0. The van der Waals surface area contributed by atoms with E-state index in [-0.39, 0.29) is 51.4 Å². The Morgan fingerprint density at radius 3 is 0.750 bits per heavy atom. The SMILES string of the molecule is [Cl+].[F-].[F-].[Na+]. The monoisotopic (exact) mass is 96.0 g/mol. The van der Waals surface area contributed by atoms with E-state index >= 15 is 0 Å². The summed E-state index contributed by atoms with van der Waals surface area (Å²) in [6.45, 7) is 0. The molecule has 0 bridgehead atoms. The maximum Gasteiger partial charge on any atom is 1.00 e. The van der Waals surface area contributed by atoms with Crippen LogP contribution in [0.1, 0.15) is 0 Å². The van der Waals surface area contributed by atoms with E-state index in [0.717, 1.165) is 0 Å². The first-order valence-corrected chi connectivity index (χ1v) is 0. The van der Waals surface area contributed by atoms with Gasteiger partial charge in [-0.3, -0.25) is 0 Å². The molecule has 22 valence electrons. The maximum atomic E-state index is 0. The van der Waals surface area contributed by atoms with Crippen LogP contribution in [0.25, 0.3) is 0 Å². The first-order chi connectivity index (χ1) is 0. The second kappa shape index (κ2) is 31.1. The molecule has 0 aromatic heterocycles. The Morgan fingerprint density at radius 2 is 0.750 bits per heavy atom. The predicted molar refractivity (Wildman–Crippen MR) is 0 cm³/mol. The van der Waals surface area contributed by atoms with Gasteiger partial charge >= 0.3 is 42.0 Å². The van der Waals surface area contributed by atoms with Gasteiger partial charge in [-0.25, -0.2) is 0 Å². The minimum Gasteiger partial charge on any atom is -1.00 e. The van der Waals surface area contributed by atoms with Crippen molar-refractivity contribution >= 4 is 0 Å². The van der Waals surface area contributed by atoms with Crippen LogP contribution in [0.5, 0.6) is 0 Å². The summed E-state index contributed by atoms with van der Waals surface area (Å²) >= 11 is 0. The smallest absolute Gasteiger partial charge is 1.00 e. The van der Waals surface area contributed by atoms with Gasteiger partial charge < -0.3 is 9.41 Å². The van der Waals surface area contributed by atoms with Crippen molar-refractivity contribution in [3.63, 3.8) is 0 Å². The van der Waals surface area contributed by atoms with E-state index < -0.39 is 0 Å². The van der Waals surface area contributed by atoms with Crippen molar-refractivity contribution in [2.45, 2.75) is 0 Å². The summed E-state index contributed by atoms with van der Waals surface area (Å²) in [7, 11) is 0. The number of hydrogen-bond donors (Lipinski definition) is 0. The maximum absolute atomic E-state index is 0. The topological polar surface area (TPSA) is 0 Å². The average molecular weight is 96.4 g/mol. The third-order valence-electron chi connectivity index (χ3n) is 0. The molecular formula is ClF2Na. The summed E-state index contributed by atoms with van der Waals surface area (Å²) in [4.78, 5) is 0. The van der Waals surface area contributed by atoms with Crippen LogP contribution in [0.2, 0.25) is 0 Å². The van der Waals surface area contributed by atoms with E-state index in [1.54, 1.807) is 0 Å². The molecule has 0 aliphatic carbocycles. The first-order valence-electron chi connectivity index (χ1n) is 0. The first kappa shape index (κ1) is 67.1. The summed E-state index contributed by atoms with van der Waals surface area (Å²) in [6.07, 6.45) is 0. The Hall–Kier alpha value is 1.15. The third kappa shape index (κ3) is 11.0. The normalized spacial score (nSPS) is 0. The van der Waals surface area contributed by atoms with Crippen LogP contribution in [0.4, 0.5) is 0 Å². The van der Waals surface area contributed by atoms with E-state index in [0.29, 0.717) is 0 Å². The Bertz CT molecular complexity index is 6.00. The van der Waals surface area contributed by atoms with Crippen LogP contribution < -0.4 is 39.0 Å². The molecule has 0 aromatic carbocycles. The molecule has 0 saturated carbocycles. The van der Waals surface area contributed by atoms with Crippen LogP contribution in [-0.2, 0) is 0 Å². The Labute approximate surface area is 51.4 Å². The summed E-state index contributed by atoms with van der Waals surface area (Å²) in [5, 5.41) is 0. The molecule has 0 amide bonds. The van der Waals surface area contributed by atoms with Crippen molar-refractivity contribution in [2.24, 2.45) is 0 Å². The van der Waals surface area contributed by atoms with Gasteiger partial charge in [0, 0.05) is 0 Å². The van der Waals surface area contributed by atoms with Crippen molar-refractivity contribution in [3.05, 3.63) is 0 Å². The van der Waals surface area contributed by atoms with Crippen molar-refractivity contribution in [1.29, 1.82) is 0 Å². The minimum absolute atomic E-state index is 0. The van der Waals surface area contributed by atoms with Gasteiger partial charge in [0.1, 0.15) is 0 Å². The van der Waals surface area contributed by atoms with Gasteiger partial charge in [-0.1, -0.05) is 0 Å². The fourth-order valence-electron chi connectivity index (χ4n) is 0. The van der Waals surface area contributed by atoms with Gasteiger partial charge in [-0.2, -0.15) is 0 Å². The molecule has 0 fully saturated rings. The summed E-state index contributed by atoms with van der Waals surface area (Å²) < 4.78 is 0. The van der Waals surface area contributed by atoms with Gasteiger partial charge in [-0.15, -0.1) is 0 Å². The van der Waals surface area contributed by atoms with Gasteiger partial charge in [0.2, 0.25) is 0 Å². The van der Waals surface area contributed by atoms with Crippen LogP contribution in [0, 0.1) is 12.4 Å². The van der Waals surface area contributed by atoms with Gasteiger partial charge in [0.25, 0.3) is 0 Å². The van der Waals surface area contributed by atoms with Crippen molar-refractivity contribution < 1.29 is 51.4 Å². The zero-order valence-electron chi connectivity index (χ0n) is 2.13. The second-order valence-corrected chi connectivity index (χ2v) is 0. The Balaban J connectivity index is 0. The molecule has 0 nitrogen and oxygen atoms in total. The standard InChI is InChI=1S/Cl.2FH.Na/h;2*1H;/q+1;;;+1/p-2. The van der Waals surface area contributed by atoms with E-state index in [2.05, 4.69) is 0 Å². The number of rotatable bonds is 0. The molecule has 4 heavy (non-hydrogen) atoms. The fraction of sp³-hybridized carbons (Fsp3) is 0. The molecule has 0 aliphatic rings. The van der Waals surface area contributed by atoms with Crippen LogP contribution in [0.15, 0.2) is 0 Å². The van der Waals surface area contributed by atoms with E-state index in [1.165, 1.54) is 0 Å². The van der Waals surface area contributed by atoms with Gasteiger partial charge in [0.05, 0.1) is 0 Å². The van der Waals surface area contributed by atoms with Crippen LogP contribution in [0.3, 0.4) is 0 Å². The molecule has 0 rings (SSSR count). The Morgan fingerprint density at radius 1 is 0.750 bits per heavy atom. The molecule has 0 heterocycles. The molecule has 0 aliphatic heterocycles. The third-order valence-corrected chi connectivity index (χ3v) is 0.